The summed E-state index contributed by atoms with van der Waals surface area (Å²) in [6, 6.07) is 0.289. The zero-order valence-electron chi connectivity index (χ0n) is 7.04. The van der Waals surface area contributed by atoms with Gasteiger partial charge in [-0.05, 0) is 7.05 Å². The van der Waals surface area contributed by atoms with Crippen LogP contribution in [0.25, 0.3) is 0 Å². The lowest BCUT2D eigenvalue weighted by Crippen LogP contribution is -2.57. The summed E-state index contributed by atoms with van der Waals surface area (Å²) in [6.07, 6.45) is 0.162. The van der Waals surface area contributed by atoms with E-state index >= 15 is 0 Å². The number of hydrogen-bond acceptors (Lipinski definition) is 3. The van der Waals surface area contributed by atoms with Crippen molar-refractivity contribution < 1.29 is 4.79 Å². The molecule has 68 valence electrons. The number of rotatable bonds is 3. The van der Waals surface area contributed by atoms with Gasteiger partial charge in [0.15, 0.2) is 0 Å². The number of nitrogens with one attached hydrogen (secondary N) is 1. The number of hydrogen-bond donors (Lipinski definition) is 2. The van der Waals surface area contributed by atoms with Crippen LogP contribution in [0.3, 0.4) is 0 Å². The zero-order valence-corrected chi connectivity index (χ0v) is 7.86. The Bertz CT molecular complexity index is 201. The molecule has 12 heavy (non-hydrogen) atoms. The van der Waals surface area contributed by atoms with Gasteiger partial charge in [-0.3, -0.25) is 4.79 Å². The number of likely N-dealkylation sites (N-methyl/N-ethyl adjacent to an activating group) is 1. The van der Waals surface area contributed by atoms with E-state index in [0.29, 0.717) is 0 Å². The first-order chi connectivity index (χ1) is 5.58. The minimum atomic E-state index is -0.0689. The van der Waals surface area contributed by atoms with Crippen LogP contribution in [0.1, 0.15) is 6.42 Å². The Morgan fingerprint density at radius 2 is 2.33 bits per heavy atom. The molecule has 0 saturated carbocycles. The van der Waals surface area contributed by atoms with Gasteiger partial charge in [-0.1, -0.05) is 12.2 Å². The molecule has 1 aliphatic heterocycles. The molecule has 0 aromatic heterocycles. The fourth-order valence-electron chi connectivity index (χ4n) is 1.23. The highest BCUT2D eigenvalue weighted by Gasteiger charge is 2.24. The minimum Gasteiger partial charge on any atom is -0.393 e. The molecule has 0 radical (unpaired) electrons. The highest BCUT2D eigenvalue weighted by atomic mass is 32.1. The fourth-order valence-corrected chi connectivity index (χ4v) is 1.36. The fraction of sp³-hybridized carbons (Fsp3) is 0.714. The molecule has 3 N–H and O–H groups in total. The van der Waals surface area contributed by atoms with Crippen LogP contribution in [0.15, 0.2) is 0 Å². The molecule has 5 heteroatoms. The van der Waals surface area contributed by atoms with Crippen molar-refractivity contribution in [3.63, 3.8) is 0 Å². The molecule has 0 aliphatic carbocycles. The lowest BCUT2D eigenvalue weighted by atomic mass is 10.1. The average Bonchev–Trinajstić information content (AvgIpc) is 1.82. The first-order valence-electron chi connectivity index (χ1n) is 3.84. The van der Waals surface area contributed by atoms with Crippen molar-refractivity contribution in [2.45, 2.75) is 12.5 Å². The Balaban J connectivity index is 2.15. The smallest absolute Gasteiger partial charge is 0.227 e. The van der Waals surface area contributed by atoms with Crippen LogP contribution in [0.4, 0.5) is 0 Å². The number of carbonyl (C=O) groups excluding carboxylic acids is 1. The van der Waals surface area contributed by atoms with Gasteiger partial charge in [-0.2, -0.15) is 0 Å². The predicted octanol–water partition coefficient (Wildman–Crippen LogP) is -0.907. The van der Waals surface area contributed by atoms with Crippen molar-refractivity contribution in [1.82, 2.24) is 10.2 Å². The molecule has 0 aromatic rings. The summed E-state index contributed by atoms with van der Waals surface area (Å²) < 4.78 is 0. The summed E-state index contributed by atoms with van der Waals surface area (Å²) in [5.41, 5.74) is 5.22. The van der Waals surface area contributed by atoms with Crippen molar-refractivity contribution in [2.24, 2.45) is 5.73 Å². The molecular weight excluding hydrogens is 174 g/mol. The molecule has 4 nitrogen and oxygen atoms in total. The molecule has 1 amide bonds. The number of amides is 1. The van der Waals surface area contributed by atoms with Crippen molar-refractivity contribution >= 4 is 23.1 Å². The van der Waals surface area contributed by atoms with Crippen molar-refractivity contribution in [2.75, 3.05) is 20.1 Å². The quantitative estimate of drug-likeness (QED) is 0.562. The highest BCUT2D eigenvalue weighted by molar-refractivity contribution is 7.80. The average molecular weight is 187 g/mol. The molecule has 1 aliphatic rings. The van der Waals surface area contributed by atoms with Crippen LogP contribution in [-0.2, 0) is 4.79 Å². The molecule has 0 unspecified atom stereocenters. The summed E-state index contributed by atoms with van der Waals surface area (Å²) in [7, 11) is 2.01. The molecule has 0 aromatic carbocycles. The van der Waals surface area contributed by atoms with Gasteiger partial charge in [0, 0.05) is 13.1 Å². The number of carbonyl (C=O) groups is 1. The second-order valence-corrected chi connectivity index (χ2v) is 3.65. The second kappa shape index (κ2) is 3.82. The van der Waals surface area contributed by atoms with E-state index in [1.54, 1.807) is 0 Å². The summed E-state index contributed by atoms with van der Waals surface area (Å²) in [6.45, 7) is 1.84. The summed E-state index contributed by atoms with van der Waals surface area (Å²) >= 11 is 4.61. The lowest BCUT2D eigenvalue weighted by molar-refractivity contribution is -0.121. The molecule has 1 saturated heterocycles. The third-order valence-electron chi connectivity index (χ3n) is 1.76. The molecular formula is C7H13N3OS. The zero-order chi connectivity index (χ0) is 9.14. The summed E-state index contributed by atoms with van der Waals surface area (Å²) in [5.74, 6) is -0.0689. The molecule has 0 bridgehead atoms. The van der Waals surface area contributed by atoms with E-state index in [0.717, 1.165) is 13.1 Å². The van der Waals surface area contributed by atoms with E-state index in [2.05, 4.69) is 22.4 Å². The van der Waals surface area contributed by atoms with E-state index in [4.69, 9.17) is 5.73 Å². The maximum absolute atomic E-state index is 11.1. The second-order valence-electron chi connectivity index (χ2n) is 3.13. The topological polar surface area (TPSA) is 58.4 Å². The monoisotopic (exact) mass is 187 g/mol. The normalized spacial score (nSPS) is 18.4. The number of likely N-dealkylation sites (tertiary alicyclic amines) is 1. The standard InChI is InChI=1S/C7H13N3OS/c1-10-3-5(4-10)9-7(11)2-6(8)12/h5H,2-4H2,1H3,(H2,8,12)(H,9,11). The Hall–Kier alpha value is -0.680. The Kier molecular flexibility index (Phi) is 2.99. The summed E-state index contributed by atoms with van der Waals surface area (Å²) in [5, 5.41) is 2.83. The van der Waals surface area contributed by atoms with E-state index in [-0.39, 0.29) is 23.4 Å². The number of nitrogens with two attached hydrogens (primary N) is 1. The number of nitrogens with zero attached hydrogens (tertiary/aromatic N) is 1. The van der Waals surface area contributed by atoms with Gasteiger partial charge >= 0.3 is 0 Å². The predicted molar refractivity (Wildman–Crippen MR) is 50.8 cm³/mol. The molecule has 0 atom stereocenters. The van der Waals surface area contributed by atoms with Crippen LogP contribution in [0.5, 0.6) is 0 Å². The van der Waals surface area contributed by atoms with Gasteiger partial charge in [0.1, 0.15) is 0 Å². The van der Waals surface area contributed by atoms with Crippen molar-refractivity contribution in [3.05, 3.63) is 0 Å². The van der Waals surface area contributed by atoms with E-state index in [9.17, 15) is 4.79 Å². The van der Waals surface area contributed by atoms with Gasteiger partial charge < -0.3 is 16.0 Å². The van der Waals surface area contributed by atoms with E-state index in [1.165, 1.54) is 0 Å². The number of thiocarbonyl (C=S) groups is 1. The Morgan fingerprint density at radius 3 is 2.75 bits per heavy atom. The SMILES string of the molecule is CN1CC(NC(=O)CC(N)=S)C1. The summed E-state index contributed by atoms with van der Waals surface area (Å²) in [4.78, 5) is 13.4. The van der Waals surface area contributed by atoms with Crippen LogP contribution in [0.2, 0.25) is 0 Å². The Labute approximate surface area is 77.1 Å². The highest BCUT2D eigenvalue weighted by Crippen LogP contribution is 2.03. The Morgan fingerprint density at radius 1 is 1.75 bits per heavy atom. The maximum Gasteiger partial charge on any atom is 0.227 e. The molecule has 0 spiro atoms. The first-order valence-corrected chi connectivity index (χ1v) is 4.25. The van der Waals surface area contributed by atoms with E-state index < -0.39 is 0 Å². The van der Waals surface area contributed by atoms with Gasteiger partial charge in [-0.15, -0.1) is 0 Å². The first kappa shape index (κ1) is 9.41. The van der Waals surface area contributed by atoms with Crippen LogP contribution in [0, 0.1) is 0 Å². The van der Waals surface area contributed by atoms with Gasteiger partial charge in [-0.25, -0.2) is 0 Å². The van der Waals surface area contributed by atoms with Gasteiger partial charge in [0.2, 0.25) is 5.91 Å². The third-order valence-corrected chi connectivity index (χ3v) is 1.91. The van der Waals surface area contributed by atoms with Gasteiger partial charge in [0.25, 0.3) is 0 Å². The lowest BCUT2D eigenvalue weighted by Gasteiger charge is -2.36. The van der Waals surface area contributed by atoms with Gasteiger partial charge in [0.05, 0.1) is 17.5 Å². The minimum absolute atomic E-state index is 0.0689. The van der Waals surface area contributed by atoms with Crippen molar-refractivity contribution in [1.29, 1.82) is 0 Å². The largest absolute Gasteiger partial charge is 0.393 e. The molecule has 1 rings (SSSR count). The van der Waals surface area contributed by atoms with Crippen LogP contribution >= 0.6 is 12.2 Å². The van der Waals surface area contributed by atoms with E-state index in [1.807, 2.05) is 7.05 Å². The maximum atomic E-state index is 11.1. The van der Waals surface area contributed by atoms with Crippen molar-refractivity contribution in [3.8, 4) is 0 Å². The molecule has 1 fully saturated rings. The molecule has 1 heterocycles. The van der Waals surface area contributed by atoms with Crippen LogP contribution < -0.4 is 11.1 Å². The van der Waals surface area contributed by atoms with Crippen LogP contribution in [-0.4, -0.2) is 42.0 Å². The third kappa shape index (κ3) is 2.75.